The summed E-state index contributed by atoms with van der Waals surface area (Å²) in [7, 11) is 1.63. The fraction of sp³-hybridized carbons (Fsp3) is 0.235. The number of nitrogens with one attached hydrogen (secondary N) is 1. The molecule has 2 aromatic rings. The molecule has 4 nitrogen and oxygen atoms in total. The van der Waals surface area contributed by atoms with Gasteiger partial charge in [-0.1, -0.05) is 23.8 Å². The third kappa shape index (κ3) is 3.54. The zero-order chi connectivity index (χ0) is 15.4. The van der Waals surface area contributed by atoms with E-state index in [9.17, 15) is 9.90 Å². The molecule has 110 valence electrons. The number of carbonyl (C=O) groups is 1. The number of aromatic carboxylic acids is 1. The van der Waals surface area contributed by atoms with E-state index < -0.39 is 5.97 Å². The quantitative estimate of drug-likeness (QED) is 0.875. The van der Waals surface area contributed by atoms with Crippen molar-refractivity contribution in [2.75, 3.05) is 12.4 Å². The Balaban J connectivity index is 2.22. The first-order valence-electron chi connectivity index (χ1n) is 6.75. The minimum absolute atomic E-state index is 0.00304. The zero-order valence-corrected chi connectivity index (χ0v) is 12.4. The number of methoxy groups -OCH3 is 1. The summed E-state index contributed by atoms with van der Waals surface area (Å²) in [6, 6.07) is 13.1. The van der Waals surface area contributed by atoms with E-state index in [1.54, 1.807) is 19.2 Å². The summed E-state index contributed by atoms with van der Waals surface area (Å²) in [5.74, 6) is -0.129. The number of carboxylic acid groups (broad SMARTS) is 1. The predicted molar refractivity (Wildman–Crippen MR) is 83.2 cm³/mol. The zero-order valence-electron chi connectivity index (χ0n) is 12.4. The Kier molecular flexibility index (Phi) is 4.48. The Morgan fingerprint density at radius 2 is 1.86 bits per heavy atom. The largest absolute Gasteiger partial charge is 0.497 e. The lowest BCUT2D eigenvalue weighted by Gasteiger charge is -2.18. The molecule has 0 aromatic heterocycles. The van der Waals surface area contributed by atoms with Gasteiger partial charge in [-0.05, 0) is 43.7 Å². The van der Waals surface area contributed by atoms with Gasteiger partial charge in [0.2, 0.25) is 0 Å². The van der Waals surface area contributed by atoms with Crippen molar-refractivity contribution >= 4 is 11.7 Å². The van der Waals surface area contributed by atoms with Crippen LogP contribution in [0.1, 0.15) is 34.5 Å². The molecule has 0 aliphatic rings. The molecule has 0 saturated heterocycles. The molecular formula is C17H19NO3. The van der Waals surface area contributed by atoms with E-state index in [-0.39, 0.29) is 11.6 Å². The Labute approximate surface area is 124 Å². The van der Waals surface area contributed by atoms with Crippen LogP contribution in [0.5, 0.6) is 5.75 Å². The first kappa shape index (κ1) is 14.9. The number of rotatable bonds is 5. The van der Waals surface area contributed by atoms with Crippen molar-refractivity contribution in [2.24, 2.45) is 0 Å². The standard InChI is InChI=1S/C17H19NO3/c1-11-4-9-16(15(10-11)17(19)20)18-12(2)13-5-7-14(21-3)8-6-13/h4-10,12,18H,1-3H3,(H,19,20). The maximum atomic E-state index is 11.3. The van der Waals surface area contributed by atoms with E-state index in [1.165, 1.54) is 0 Å². The highest BCUT2D eigenvalue weighted by atomic mass is 16.5. The topological polar surface area (TPSA) is 58.6 Å². The van der Waals surface area contributed by atoms with Crippen LogP contribution in [0.4, 0.5) is 5.69 Å². The van der Waals surface area contributed by atoms with E-state index in [2.05, 4.69) is 5.32 Å². The van der Waals surface area contributed by atoms with Gasteiger partial charge in [0.25, 0.3) is 0 Å². The summed E-state index contributed by atoms with van der Waals surface area (Å²) in [5, 5.41) is 12.5. The number of aryl methyl sites for hydroxylation is 1. The average molecular weight is 285 g/mol. The van der Waals surface area contributed by atoms with Gasteiger partial charge in [0.1, 0.15) is 5.75 Å². The molecule has 2 aromatic carbocycles. The number of benzene rings is 2. The van der Waals surface area contributed by atoms with Gasteiger partial charge >= 0.3 is 5.97 Å². The highest BCUT2D eigenvalue weighted by Gasteiger charge is 2.13. The Hall–Kier alpha value is -2.49. The van der Waals surface area contributed by atoms with Crippen molar-refractivity contribution in [3.8, 4) is 5.75 Å². The molecule has 21 heavy (non-hydrogen) atoms. The van der Waals surface area contributed by atoms with Crippen molar-refractivity contribution in [1.82, 2.24) is 0 Å². The lowest BCUT2D eigenvalue weighted by atomic mass is 10.1. The molecular weight excluding hydrogens is 266 g/mol. The molecule has 1 atom stereocenters. The summed E-state index contributed by atoms with van der Waals surface area (Å²) in [6.07, 6.45) is 0. The second-order valence-corrected chi connectivity index (χ2v) is 4.99. The summed E-state index contributed by atoms with van der Waals surface area (Å²) >= 11 is 0. The van der Waals surface area contributed by atoms with Crippen molar-refractivity contribution in [2.45, 2.75) is 19.9 Å². The number of hydrogen-bond acceptors (Lipinski definition) is 3. The van der Waals surface area contributed by atoms with Crippen LogP contribution < -0.4 is 10.1 Å². The van der Waals surface area contributed by atoms with E-state index in [0.717, 1.165) is 16.9 Å². The second-order valence-electron chi connectivity index (χ2n) is 4.99. The lowest BCUT2D eigenvalue weighted by Crippen LogP contribution is -2.11. The van der Waals surface area contributed by atoms with Gasteiger partial charge in [0.05, 0.1) is 12.7 Å². The molecule has 1 unspecified atom stereocenters. The molecule has 0 aliphatic carbocycles. The van der Waals surface area contributed by atoms with Crippen molar-refractivity contribution < 1.29 is 14.6 Å². The minimum atomic E-state index is -0.928. The second kappa shape index (κ2) is 6.31. The van der Waals surface area contributed by atoms with Crippen LogP contribution in [0, 0.1) is 6.92 Å². The van der Waals surface area contributed by atoms with Crippen molar-refractivity contribution in [3.63, 3.8) is 0 Å². The number of anilines is 1. The molecule has 0 saturated carbocycles. The molecule has 4 heteroatoms. The lowest BCUT2D eigenvalue weighted by molar-refractivity contribution is 0.0698. The number of carboxylic acids is 1. The fourth-order valence-electron chi connectivity index (χ4n) is 2.17. The maximum absolute atomic E-state index is 11.3. The van der Waals surface area contributed by atoms with Gasteiger partial charge in [-0.3, -0.25) is 0 Å². The maximum Gasteiger partial charge on any atom is 0.337 e. The Morgan fingerprint density at radius 3 is 2.43 bits per heavy atom. The summed E-state index contributed by atoms with van der Waals surface area (Å²) in [4.78, 5) is 11.3. The molecule has 0 radical (unpaired) electrons. The summed E-state index contributed by atoms with van der Waals surface area (Å²) in [5.41, 5.74) is 2.90. The monoisotopic (exact) mass is 285 g/mol. The van der Waals surface area contributed by atoms with Gasteiger partial charge in [-0.15, -0.1) is 0 Å². The third-order valence-electron chi connectivity index (χ3n) is 3.39. The smallest absolute Gasteiger partial charge is 0.337 e. The van der Waals surface area contributed by atoms with Crippen molar-refractivity contribution in [1.29, 1.82) is 0 Å². The predicted octanol–water partition coefficient (Wildman–Crippen LogP) is 3.87. The van der Waals surface area contributed by atoms with Crippen LogP contribution in [-0.2, 0) is 0 Å². The fourth-order valence-corrected chi connectivity index (χ4v) is 2.17. The molecule has 0 fully saturated rings. The van der Waals surface area contributed by atoms with Gasteiger partial charge in [0.15, 0.2) is 0 Å². The number of hydrogen-bond donors (Lipinski definition) is 2. The average Bonchev–Trinajstić information content (AvgIpc) is 2.49. The van der Waals surface area contributed by atoms with Crippen LogP contribution in [-0.4, -0.2) is 18.2 Å². The van der Waals surface area contributed by atoms with Crippen LogP contribution in [0.25, 0.3) is 0 Å². The van der Waals surface area contributed by atoms with Crippen LogP contribution in [0.2, 0.25) is 0 Å². The van der Waals surface area contributed by atoms with E-state index in [0.29, 0.717) is 5.69 Å². The first-order valence-corrected chi connectivity index (χ1v) is 6.75. The Bertz CT molecular complexity index is 635. The molecule has 2 N–H and O–H groups in total. The van der Waals surface area contributed by atoms with Gasteiger partial charge < -0.3 is 15.2 Å². The minimum Gasteiger partial charge on any atom is -0.497 e. The molecule has 0 aliphatic heterocycles. The normalized spacial score (nSPS) is 11.8. The molecule has 0 heterocycles. The molecule has 0 bridgehead atoms. The van der Waals surface area contributed by atoms with Crippen LogP contribution >= 0.6 is 0 Å². The third-order valence-corrected chi connectivity index (χ3v) is 3.39. The molecule has 0 amide bonds. The van der Waals surface area contributed by atoms with E-state index in [4.69, 9.17) is 4.74 Å². The van der Waals surface area contributed by atoms with Gasteiger partial charge in [-0.2, -0.15) is 0 Å². The van der Waals surface area contributed by atoms with E-state index >= 15 is 0 Å². The van der Waals surface area contributed by atoms with Crippen LogP contribution in [0.15, 0.2) is 42.5 Å². The van der Waals surface area contributed by atoms with Gasteiger partial charge in [0, 0.05) is 11.7 Å². The molecule has 2 rings (SSSR count). The summed E-state index contributed by atoms with van der Waals surface area (Å²) < 4.78 is 5.13. The van der Waals surface area contributed by atoms with Gasteiger partial charge in [-0.25, -0.2) is 4.79 Å². The first-order chi connectivity index (χ1) is 10.0. The summed E-state index contributed by atoms with van der Waals surface area (Å²) in [6.45, 7) is 3.87. The van der Waals surface area contributed by atoms with Crippen molar-refractivity contribution in [3.05, 3.63) is 59.2 Å². The number of ether oxygens (including phenoxy) is 1. The Morgan fingerprint density at radius 1 is 1.19 bits per heavy atom. The van der Waals surface area contributed by atoms with E-state index in [1.807, 2.05) is 44.2 Å². The highest BCUT2D eigenvalue weighted by molar-refractivity contribution is 5.94. The van der Waals surface area contributed by atoms with Crippen LogP contribution in [0.3, 0.4) is 0 Å². The molecule has 0 spiro atoms. The highest BCUT2D eigenvalue weighted by Crippen LogP contribution is 2.24. The SMILES string of the molecule is COc1ccc(C(C)Nc2ccc(C)cc2C(=O)O)cc1.